The van der Waals surface area contributed by atoms with Crippen LogP contribution in [0.4, 0.5) is 0 Å². The van der Waals surface area contributed by atoms with Crippen molar-refractivity contribution in [2.45, 2.75) is 52.1 Å². The number of fused-ring (bicyclic) bond motifs is 9. The highest BCUT2D eigenvalue weighted by Gasteiger charge is 2.68. The smallest absolute Gasteiger partial charge is 0.0543 e. The largest absolute Gasteiger partial charge is 0.396 e. The summed E-state index contributed by atoms with van der Waals surface area (Å²) in [5.74, 6) is 5.67. The third kappa shape index (κ3) is 1.40. The van der Waals surface area contributed by atoms with E-state index in [4.69, 9.17) is 0 Å². The van der Waals surface area contributed by atoms with Gasteiger partial charge in [0.1, 0.15) is 0 Å². The monoisotopic (exact) mass is 264 g/mol. The van der Waals surface area contributed by atoms with Crippen LogP contribution >= 0.6 is 0 Å². The standard InChI is InChI=1S/C17H28O2/c1-3-17(8-18)7-11-6-14(17)16-13-5-10(15(11)16)4-12(13)9(2)19/h9-16,18-19H,3-8H2,1-2H3. The second-order valence-electron chi connectivity index (χ2n) is 8.13. The van der Waals surface area contributed by atoms with Crippen molar-refractivity contribution >= 4 is 0 Å². The van der Waals surface area contributed by atoms with Crippen LogP contribution in [0.15, 0.2) is 0 Å². The van der Waals surface area contributed by atoms with Crippen LogP contribution in [0.5, 0.6) is 0 Å². The molecule has 4 fully saturated rings. The van der Waals surface area contributed by atoms with Crippen LogP contribution in [0.3, 0.4) is 0 Å². The predicted molar refractivity (Wildman–Crippen MR) is 74.4 cm³/mol. The predicted octanol–water partition coefficient (Wildman–Crippen LogP) is 2.68. The highest BCUT2D eigenvalue weighted by atomic mass is 16.3. The normalized spacial score (nSPS) is 59.7. The van der Waals surface area contributed by atoms with Gasteiger partial charge < -0.3 is 10.2 Å². The molecule has 4 aliphatic rings. The lowest BCUT2D eigenvalue weighted by atomic mass is 9.58. The van der Waals surface area contributed by atoms with Crippen molar-refractivity contribution in [3.8, 4) is 0 Å². The maximum atomic E-state index is 10.1. The summed E-state index contributed by atoms with van der Waals surface area (Å²) in [6, 6.07) is 0. The molecular weight excluding hydrogens is 236 g/mol. The van der Waals surface area contributed by atoms with E-state index in [2.05, 4.69) is 6.92 Å². The summed E-state index contributed by atoms with van der Waals surface area (Å²) >= 11 is 0. The summed E-state index contributed by atoms with van der Waals surface area (Å²) in [7, 11) is 0. The van der Waals surface area contributed by atoms with Gasteiger partial charge in [0.2, 0.25) is 0 Å². The summed E-state index contributed by atoms with van der Waals surface area (Å²) in [6.45, 7) is 4.66. The molecule has 19 heavy (non-hydrogen) atoms. The molecule has 0 aromatic carbocycles. The molecule has 9 unspecified atom stereocenters. The molecule has 0 heterocycles. The van der Waals surface area contributed by atoms with Gasteiger partial charge >= 0.3 is 0 Å². The van der Waals surface area contributed by atoms with E-state index < -0.39 is 0 Å². The molecule has 4 aliphatic carbocycles. The average Bonchev–Trinajstić information content (AvgIpc) is 3.13. The van der Waals surface area contributed by atoms with Crippen molar-refractivity contribution in [2.75, 3.05) is 6.61 Å². The van der Waals surface area contributed by atoms with Crippen LogP contribution in [0.1, 0.15) is 46.0 Å². The van der Waals surface area contributed by atoms with Gasteiger partial charge in [0.05, 0.1) is 6.10 Å². The van der Waals surface area contributed by atoms with Gasteiger partial charge in [0.25, 0.3) is 0 Å². The zero-order valence-electron chi connectivity index (χ0n) is 12.3. The maximum absolute atomic E-state index is 10.1. The zero-order chi connectivity index (χ0) is 13.4. The van der Waals surface area contributed by atoms with Crippen LogP contribution in [-0.4, -0.2) is 22.9 Å². The second kappa shape index (κ2) is 3.98. The number of aliphatic hydroxyl groups is 2. The summed E-state index contributed by atoms with van der Waals surface area (Å²) in [5, 5.41) is 20.0. The summed E-state index contributed by atoms with van der Waals surface area (Å²) in [6.07, 6.45) is 6.34. The Morgan fingerprint density at radius 1 is 1.16 bits per heavy atom. The lowest BCUT2D eigenvalue weighted by molar-refractivity contribution is -0.0399. The summed E-state index contributed by atoms with van der Waals surface area (Å²) in [5.41, 5.74) is 0.236. The van der Waals surface area contributed by atoms with Gasteiger partial charge in [0.15, 0.2) is 0 Å². The van der Waals surface area contributed by atoms with Crippen molar-refractivity contribution in [1.29, 1.82) is 0 Å². The van der Waals surface area contributed by atoms with Crippen LogP contribution in [0, 0.1) is 46.8 Å². The van der Waals surface area contributed by atoms with Crippen LogP contribution < -0.4 is 0 Å². The van der Waals surface area contributed by atoms with Crippen LogP contribution in [-0.2, 0) is 0 Å². The van der Waals surface area contributed by atoms with Gasteiger partial charge in [-0.1, -0.05) is 6.92 Å². The third-order valence-electron chi connectivity index (χ3n) is 7.84. The molecule has 108 valence electrons. The molecule has 2 nitrogen and oxygen atoms in total. The second-order valence-corrected chi connectivity index (χ2v) is 8.13. The van der Waals surface area contributed by atoms with E-state index >= 15 is 0 Å². The fourth-order valence-corrected chi connectivity index (χ4v) is 7.21. The van der Waals surface area contributed by atoms with Gasteiger partial charge in [-0.3, -0.25) is 0 Å². The first-order valence-corrected chi connectivity index (χ1v) is 8.40. The maximum Gasteiger partial charge on any atom is 0.0543 e. The molecule has 2 heteroatoms. The van der Waals surface area contributed by atoms with Gasteiger partial charge in [-0.15, -0.1) is 0 Å². The Balaban J connectivity index is 1.65. The first-order valence-electron chi connectivity index (χ1n) is 8.40. The lowest BCUT2D eigenvalue weighted by Crippen LogP contribution is -2.44. The first-order chi connectivity index (χ1) is 9.11. The number of rotatable bonds is 3. The molecule has 0 spiro atoms. The highest BCUT2D eigenvalue weighted by Crippen LogP contribution is 2.73. The van der Waals surface area contributed by atoms with Crippen LogP contribution in [0.25, 0.3) is 0 Å². The van der Waals surface area contributed by atoms with E-state index in [-0.39, 0.29) is 11.5 Å². The van der Waals surface area contributed by atoms with Crippen molar-refractivity contribution in [1.82, 2.24) is 0 Å². The minimum absolute atomic E-state index is 0.125. The summed E-state index contributed by atoms with van der Waals surface area (Å²) in [4.78, 5) is 0. The molecule has 0 saturated heterocycles. The van der Waals surface area contributed by atoms with E-state index in [1.165, 1.54) is 25.7 Å². The lowest BCUT2D eigenvalue weighted by Gasteiger charge is -2.47. The summed E-state index contributed by atoms with van der Waals surface area (Å²) < 4.78 is 0. The van der Waals surface area contributed by atoms with Gasteiger partial charge in [-0.05, 0) is 85.9 Å². The topological polar surface area (TPSA) is 40.5 Å². The molecule has 2 N–H and O–H groups in total. The average molecular weight is 264 g/mol. The fourth-order valence-electron chi connectivity index (χ4n) is 7.21. The van der Waals surface area contributed by atoms with Crippen molar-refractivity contribution < 1.29 is 10.2 Å². The first kappa shape index (κ1) is 12.6. The van der Waals surface area contributed by atoms with Gasteiger partial charge in [0, 0.05) is 6.61 Å². The van der Waals surface area contributed by atoms with Gasteiger partial charge in [-0.25, -0.2) is 0 Å². The zero-order valence-corrected chi connectivity index (χ0v) is 12.3. The Labute approximate surface area is 116 Å². The molecule has 9 atom stereocenters. The molecular formula is C17H28O2. The molecule has 0 aromatic heterocycles. The molecule has 4 saturated carbocycles. The van der Waals surface area contributed by atoms with Gasteiger partial charge in [-0.2, -0.15) is 0 Å². The molecule has 0 amide bonds. The highest BCUT2D eigenvalue weighted by molar-refractivity contribution is 5.16. The van der Waals surface area contributed by atoms with E-state index in [1.54, 1.807) is 0 Å². The molecule has 0 aliphatic heterocycles. The van der Waals surface area contributed by atoms with E-state index in [1.807, 2.05) is 6.92 Å². The molecule has 4 bridgehead atoms. The van der Waals surface area contributed by atoms with E-state index in [0.29, 0.717) is 12.5 Å². The number of hydrogen-bond acceptors (Lipinski definition) is 2. The molecule has 0 aromatic rings. The quantitative estimate of drug-likeness (QED) is 0.769. The van der Waals surface area contributed by atoms with Crippen molar-refractivity contribution in [2.24, 2.45) is 46.8 Å². The van der Waals surface area contributed by atoms with Crippen molar-refractivity contribution in [3.63, 3.8) is 0 Å². The fraction of sp³-hybridized carbons (Fsp3) is 1.00. The number of hydrogen-bond donors (Lipinski definition) is 2. The Bertz CT molecular complexity index is 373. The third-order valence-corrected chi connectivity index (χ3v) is 7.84. The molecule has 0 radical (unpaired) electrons. The van der Waals surface area contributed by atoms with Crippen LogP contribution in [0.2, 0.25) is 0 Å². The van der Waals surface area contributed by atoms with Crippen molar-refractivity contribution in [3.05, 3.63) is 0 Å². The minimum atomic E-state index is -0.125. The van der Waals surface area contributed by atoms with E-state index in [9.17, 15) is 10.2 Å². The SMILES string of the molecule is CCC1(CO)CC2CC1C1C3CC(CC3C(C)O)C21. The molecule has 4 rings (SSSR count). The minimum Gasteiger partial charge on any atom is -0.396 e. The Morgan fingerprint density at radius 2 is 1.95 bits per heavy atom. The Kier molecular flexibility index (Phi) is 2.65. The Hall–Kier alpha value is -0.0800. The Morgan fingerprint density at radius 3 is 2.58 bits per heavy atom. The number of aliphatic hydroxyl groups excluding tert-OH is 2. The van der Waals surface area contributed by atoms with E-state index in [0.717, 1.165) is 41.9 Å².